The molecule has 1 aliphatic carbocycles. The second-order valence-corrected chi connectivity index (χ2v) is 15.3. The van der Waals surface area contributed by atoms with Gasteiger partial charge in [0.1, 0.15) is 0 Å². The molecule has 0 aliphatic heterocycles. The fourth-order valence-corrected chi connectivity index (χ4v) is 9.12. The van der Waals surface area contributed by atoms with Crippen molar-refractivity contribution in [1.29, 1.82) is 0 Å². The first kappa shape index (κ1) is 30.8. The average molecular weight is 689 g/mol. The van der Waals surface area contributed by atoms with Gasteiger partial charge in [-0.2, -0.15) is 0 Å². The minimum Gasteiger partial charge on any atom is -0.309 e. The molecule has 2 aromatic heterocycles. The number of hydrogen-bond acceptors (Lipinski definition) is 1. The van der Waals surface area contributed by atoms with Crippen LogP contribution in [0.4, 0.5) is 0 Å². The van der Waals surface area contributed by atoms with E-state index in [9.17, 15) is 0 Å². The highest BCUT2D eigenvalue weighted by molar-refractivity contribution is 6.25. The monoisotopic (exact) mass is 688 g/mol. The predicted octanol–water partition coefficient (Wildman–Crippen LogP) is 13.7. The van der Waals surface area contributed by atoms with Gasteiger partial charge in [-0.15, -0.1) is 0 Å². The maximum atomic E-state index is 4.47. The number of hydrogen-bond donors (Lipinski definition) is 0. The third kappa shape index (κ3) is 4.63. The molecule has 0 N–H and O–H groups in total. The normalized spacial score (nSPS) is 13.1. The van der Waals surface area contributed by atoms with Crippen LogP contribution in [-0.2, 0) is 5.41 Å². The largest absolute Gasteiger partial charge is 0.309 e. The highest BCUT2D eigenvalue weighted by atomic mass is 15.0. The molecule has 2 heteroatoms. The smallest absolute Gasteiger partial charge is 0.0553 e. The van der Waals surface area contributed by atoms with Gasteiger partial charge in [0.2, 0.25) is 0 Å². The van der Waals surface area contributed by atoms with Crippen molar-refractivity contribution in [1.82, 2.24) is 9.55 Å². The van der Waals surface area contributed by atoms with E-state index < -0.39 is 0 Å². The van der Waals surface area contributed by atoms with Crippen LogP contribution in [0.3, 0.4) is 0 Å². The van der Waals surface area contributed by atoms with Crippen molar-refractivity contribution >= 4 is 32.6 Å². The standard InChI is InChI=1S/C52H36N2/c1-52(2)46-15-7-6-14-44(46)45-24-23-36(30-47(45)52)40-27-39(28-41(29-40)38-11-9-25-53-32-38)33-17-19-34(20-18-33)42-26-37-22-21-35-10-8-16-48-50(35)51(37)49(31-42)54(48)43-12-4-3-5-13-43/h3-32H,1-2H3. The highest BCUT2D eigenvalue weighted by Crippen LogP contribution is 2.50. The Bertz CT molecular complexity index is 3040. The van der Waals surface area contributed by atoms with Crippen molar-refractivity contribution < 1.29 is 0 Å². The summed E-state index contributed by atoms with van der Waals surface area (Å²) in [4.78, 5) is 4.47. The lowest BCUT2D eigenvalue weighted by Crippen LogP contribution is -2.14. The van der Waals surface area contributed by atoms with E-state index >= 15 is 0 Å². The second kappa shape index (κ2) is 11.6. The Morgan fingerprint density at radius 3 is 1.83 bits per heavy atom. The van der Waals surface area contributed by atoms with E-state index in [1.165, 1.54) is 93.9 Å². The third-order valence-corrected chi connectivity index (χ3v) is 11.8. The second-order valence-electron chi connectivity index (χ2n) is 15.3. The quantitative estimate of drug-likeness (QED) is 0.165. The van der Waals surface area contributed by atoms with Crippen LogP contribution in [0.15, 0.2) is 182 Å². The van der Waals surface area contributed by atoms with Crippen LogP contribution >= 0.6 is 0 Å². The number of para-hydroxylation sites is 1. The Labute approximate surface area is 315 Å². The number of fused-ring (bicyclic) bond motifs is 3. The number of aromatic nitrogens is 2. The average Bonchev–Trinajstić information content (AvgIpc) is 3.69. The summed E-state index contributed by atoms with van der Waals surface area (Å²) in [5.74, 6) is 0. The summed E-state index contributed by atoms with van der Waals surface area (Å²) in [7, 11) is 0. The van der Waals surface area contributed by atoms with Crippen LogP contribution in [0.5, 0.6) is 0 Å². The maximum absolute atomic E-state index is 4.47. The summed E-state index contributed by atoms with van der Waals surface area (Å²) in [6.45, 7) is 4.70. The van der Waals surface area contributed by atoms with E-state index in [1.54, 1.807) is 0 Å². The summed E-state index contributed by atoms with van der Waals surface area (Å²) in [5.41, 5.74) is 18.5. The van der Waals surface area contributed by atoms with Gasteiger partial charge < -0.3 is 4.57 Å². The molecule has 0 unspecified atom stereocenters. The van der Waals surface area contributed by atoms with Crippen molar-refractivity contribution in [2.24, 2.45) is 0 Å². The summed E-state index contributed by atoms with van der Waals surface area (Å²) in [5, 5.41) is 5.19. The Morgan fingerprint density at radius 1 is 0.407 bits per heavy atom. The van der Waals surface area contributed by atoms with Crippen molar-refractivity contribution in [2.75, 3.05) is 0 Å². The van der Waals surface area contributed by atoms with Crippen LogP contribution in [0.2, 0.25) is 0 Å². The molecule has 8 aromatic carbocycles. The lowest BCUT2D eigenvalue weighted by molar-refractivity contribution is 0.660. The molecular weight excluding hydrogens is 653 g/mol. The summed E-state index contributed by atoms with van der Waals surface area (Å²) < 4.78 is 2.42. The summed E-state index contributed by atoms with van der Waals surface area (Å²) >= 11 is 0. The number of nitrogens with zero attached hydrogens (tertiary/aromatic N) is 2. The molecule has 0 amide bonds. The van der Waals surface area contributed by atoms with Gasteiger partial charge in [-0.05, 0) is 133 Å². The number of pyridine rings is 1. The molecule has 54 heavy (non-hydrogen) atoms. The Morgan fingerprint density at radius 2 is 1.06 bits per heavy atom. The first-order valence-electron chi connectivity index (χ1n) is 18.8. The Hall–Kier alpha value is -6.77. The van der Waals surface area contributed by atoms with Crippen molar-refractivity contribution in [3.63, 3.8) is 0 Å². The fourth-order valence-electron chi connectivity index (χ4n) is 9.12. The first-order valence-corrected chi connectivity index (χ1v) is 18.8. The molecule has 0 saturated carbocycles. The molecular formula is C52H36N2. The van der Waals surface area contributed by atoms with E-state index in [0.29, 0.717) is 0 Å². The molecule has 0 fully saturated rings. The van der Waals surface area contributed by atoms with E-state index in [2.05, 4.69) is 187 Å². The van der Waals surface area contributed by atoms with Crippen LogP contribution in [0.1, 0.15) is 25.0 Å². The van der Waals surface area contributed by atoms with Crippen molar-refractivity contribution in [3.8, 4) is 61.3 Å². The first-order chi connectivity index (χ1) is 26.5. The van der Waals surface area contributed by atoms with Crippen molar-refractivity contribution in [3.05, 3.63) is 193 Å². The Balaban J connectivity index is 1.03. The number of rotatable bonds is 5. The molecule has 11 rings (SSSR count). The highest BCUT2D eigenvalue weighted by Gasteiger charge is 2.35. The molecule has 0 radical (unpaired) electrons. The van der Waals surface area contributed by atoms with Crippen LogP contribution in [0.25, 0.3) is 93.9 Å². The van der Waals surface area contributed by atoms with Gasteiger partial charge in [0.15, 0.2) is 0 Å². The molecule has 2 heterocycles. The molecule has 0 spiro atoms. The number of benzene rings is 8. The minimum atomic E-state index is -0.0589. The predicted molar refractivity (Wildman–Crippen MR) is 227 cm³/mol. The van der Waals surface area contributed by atoms with Gasteiger partial charge in [0.25, 0.3) is 0 Å². The zero-order valence-corrected chi connectivity index (χ0v) is 30.2. The van der Waals surface area contributed by atoms with Gasteiger partial charge in [-0.25, -0.2) is 0 Å². The van der Waals surface area contributed by atoms with Gasteiger partial charge in [-0.1, -0.05) is 123 Å². The van der Waals surface area contributed by atoms with Gasteiger partial charge >= 0.3 is 0 Å². The van der Waals surface area contributed by atoms with Gasteiger partial charge in [-0.3, -0.25) is 4.98 Å². The fraction of sp³-hybridized carbons (Fsp3) is 0.0577. The molecule has 254 valence electrons. The van der Waals surface area contributed by atoms with E-state index in [-0.39, 0.29) is 5.41 Å². The SMILES string of the molecule is CC1(C)c2ccccc2-c2ccc(-c3cc(-c4ccc(-c5cc6ccc7cccc8c7c6c(c5)n8-c5ccccc5)cc4)cc(-c4cccnc4)c3)cc21. The molecule has 10 aromatic rings. The summed E-state index contributed by atoms with van der Waals surface area (Å²) in [6, 6.07) is 62.8. The molecule has 0 atom stereocenters. The van der Waals surface area contributed by atoms with Crippen molar-refractivity contribution in [2.45, 2.75) is 19.3 Å². The molecule has 2 nitrogen and oxygen atoms in total. The maximum Gasteiger partial charge on any atom is 0.0553 e. The zero-order valence-electron chi connectivity index (χ0n) is 30.2. The summed E-state index contributed by atoms with van der Waals surface area (Å²) in [6.07, 6.45) is 3.80. The third-order valence-electron chi connectivity index (χ3n) is 11.8. The Kier molecular flexibility index (Phi) is 6.63. The van der Waals surface area contributed by atoms with E-state index in [4.69, 9.17) is 0 Å². The molecule has 0 saturated heterocycles. The molecule has 1 aliphatic rings. The zero-order chi connectivity index (χ0) is 36.0. The lowest BCUT2D eigenvalue weighted by Gasteiger charge is -2.22. The van der Waals surface area contributed by atoms with Crippen LogP contribution in [-0.4, -0.2) is 9.55 Å². The van der Waals surface area contributed by atoms with Gasteiger partial charge in [0.05, 0.1) is 11.0 Å². The van der Waals surface area contributed by atoms with E-state index in [1.807, 2.05) is 18.5 Å². The topological polar surface area (TPSA) is 17.8 Å². The lowest BCUT2D eigenvalue weighted by atomic mass is 9.81. The minimum absolute atomic E-state index is 0.0589. The van der Waals surface area contributed by atoms with E-state index in [0.717, 1.165) is 11.1 Å². The van der Waals surface area contributed by atoms with Crippen LogP contribution < -0.4 is 0 Å². The molecule has 0 bridgehead atoms. The van der Waals surface area contributed by atoms with Gasteiger partial charge in [0, 0.05) is 39.8 Å². The van der Waals surface area contributed by atoms with Crippen LogP contribution in [0, 0.1) is 0 Å².